The van der Waals surface area contributed by atoms with Gasteiger partial charge in [0.25, 0.3) is 11.2 Å². The number of carbonyl (C=O) groups excluding carboxylic acids is 1. The zero-order valence-corrected chi connectivity index (χ0v) is 14.0. The Balaban J connectivity index is 2.04. The Morgan fingerprint density at radius 2 is 1.92 bits per heavy atom. The molecule has 0 aliphatic heterocycles. The molecule has 0 N–H and O–H groups in total. The number of nitrogens with zero attached hydrogens (tertiary/aromatic N) is 3. The van der Waals surface area contributed by atoms with E-state index < -0.39 is 10.5 Å². The number of amides is 1. The fourth-order valence-electron chi connectivity index (χ4n) is 2.24. The SMILES string of the molecule is CCOc1ccc(CN(C)C(=O)Cn2cc([N+](=O)[O-])ccc2=O)cc1. The third-order valence-corrected chi connectivity index (χ3v) is 3.56. The summed E-state index contributed by atoms with van der Waals surface area (Å²) < 4.78 is 6.40. The summed E-state index contributed by atoms with van der Waals surface area (Å²) in [5.74, 6) is 0.430. The maximum Gasteiger partial charge on any atom is 0.285 e. The minimum Gasteiger partial charge on any atom is -0.494 e. The first-order valence-electron chi connectivity index (χ1n) is 7.71. The summed E-state index contributed by atoms with van der Waals surface area (Å²) in [7, 11) is 1.61. The molecule has 132 valence electrons. The number of hydrogen-bond acceptors (Lipinski definition) is 5. The van der Waals surface area contributed by atoms with Crippen LogP contribution in [0.25, 0.3) is 0 Å². The molecule has 2 aromatic rings. The molecule has 8 nitrogen and oxygen atoms in total. The normalized spacial score (nSPS) is 10.3. The number of carbonyl (C=O) groups is 1. The van der Waals surface area contributed by atoms with E-state index in [-0.39, 0.29) is 18.1 Å². The fourth-order valence-corrected chi connectivity index (χ4v) is 2.24. The Kier molecular flexibility index (Phi) is 5.89. The number of aromatic nitrogens is 1. The van der Waals surface area contributed by atoms with E-state index in [0.29, 0.717) is 13.2 Å². The number of ether oxygens (including phenoxy) is 1. The van der Waals surface area contributed by atoms with Gasteiger partial charge in [0.15, 0.2) is 0 Å². The van der Waals surface area contributed by atoms with Crippen molar-refractivity contribution in [3.63, 3.8) is 0 Å². The van der Waals surface area contributed by atoms with Crippen molar-refractivity contribution in [1.29, 1.82) is 0 Å². The van der Waals surface area contributed by atoms with Gasteiger partial charge in [-0.25, -0.2) is 0 Å². The predicted molar refractivity (Wildman–Crippen MR) is 91.4 cm³/mol. The van der Waals surface area contributed by atoms with E-state index in [1.807, 2.05) is 31.2 Å². The van der Waals surface area contributed by atoms with E-state index in [9.17, 15) is 19.7 Å². The monoisotopic (exact) mass is 345 g/mol. The Labute approximate surface area is 144 Å². The Morgan fingerprint density at radius 3 is 2.52 bits per heavy atom. The highest BCUT2D eigenvalue weighted by molar-refractivity contribution is 5.75. The number of nitro groups is 1. The minimum absolute atomic E-state index is 0.235. The van der Waals surface area contributed by atoms with Crippen LogP contribution in [0.4, 0.5) is 5.69 Å². The summed E-state index contributed by atoms with van der Waals surface area (Å²) in [6, 6.07) is 9.55. The van der Waals surface area contributed by atoms with E-state index in [2.05, 4.69) is 0 Å². The van der Waals surface area contributed by atoms with Crippen molar-refractivity contribution in [3.05, 3.63) is 68.6 Å². The van der Waals surface area contributed by atoms with Gasteiger partial charge in [0, 0.05) is 25.7 Å². The van der Waals surface area contributed by atoms with Crippen molar-refractivity contribution in [2.45, 2.75) is 20.0 Å². The lowest BCUT2D eigenvalue weighted by Crippen LogP contribution is -2.33. The zero-order valence-electron chi connectivity index (χ0n) is 14.0. The highest BCUT2D eigenvalue weighted by Gasteiger charge is 2.14. The summed E-state index contributed by atoms with van der Waals surface area (Å²) in [6.07, 6.45) is 1.07. The van der Waals surface area contributed by atoms with Crippen LogP contribution in [0.5, 0.6) is 5.75 Å². The summed E-state index contributed by atoms with van der Waals surface area (Å²) in [6.45, 7) is 2.58. The van der Waals surface area contributed by atoms with Gasteiger partial charge in [-0.2, -0.15) is 0 Å². The van der Waals surface area contributed by atoms with Crippen molar-refractivity contribution in [2.24, 2.45) is 0 Å². The lowest BCUT2D eigenvalue weighted by atomic mass is 10.2. The van der Waals surface area contributed by atoms with E-state index in [0.717, 1.165) is 34.2 Å². The molecule has 0 radical (unpaired) electrons. The van der Waals surface area contributed by atoms with Gasteiger partial charge < -0.3 is 9.64 Å². The second-order valence-electron chi connectivity index (χ2n) is 5.44. The molecule has 0 atom stereocenters. The molecule has 0 unspecified atom stereocenters. The van der Waals surface area contributed by atoms with Crippen LogP contribution < -0.4 is 10.3 Å². The van der Waals surface area contributed by atoms with Crippen LogP contribution in [-0.2, 0) is 17.9 Å². The van der Waals surface area contributed by atoms with Gasteiger partial charge in [0.2, 0.25) is 5.91 Å². The molecule has 0 saturated carbocycles. The lowest BCUT2D eigenvalue weighted by molar-refractivity contribution is -0.385. The summed E-state index contributed by atoms with van der Waals surface area (Å²) >= 11 is 0. The second kappa shape index (κ2) is 8.09. The molecule has 1 amide bonds. The standard InChI is InChI=1S/C17H19N3O5/c1-3-25-15-7-4-13(5-8-15)10-18(2)17(22)12-19-11-14(20(23)24)6-9-16(19)21/h4-9,11H,3,10,12H2,1-2H3. The summed E-state index contributed by atoms with van der Waals surface area (Å²) in [5, 5.41) is 10.8. The first kappa shape index (κ1) is 18.2. The van der Waals surface area contributed by atoms with Gasteiger partial charge in [-0.15, -0.1) is 0 Å². The van der Waals surface area contributed by atoms with Crippen LogP contribution in [0, 0.1) is 10.1 Å². The first-order chi connectivity index (χ1) is 11.9. The van der Waals surface area contributed by atoms with Crippen LogP contribution in [0.3, 0.4) is 0 Å². The molecular formula is C17H19N3O5. The van der Waals surface area contributed by atoms with Crippen LogP contribution >= 0.6 is 0 Å². The topological polar surface area (TPSA) is 94.7 Å². The van der Waals surface area contributed by atoms with Gasteiger partial charge in [-0.3, -0.25) is 24.3 Å². The molecule has 0 aliphatic rings. The van der Waals surface area contributed by atoms with Crippen LogP contribution in [0.1, 0.15) is 12.5 Å². The summed E-state index contributed by atoms with van der Waals surface area (Å²) in [5.41, 5.74) is 0.209. The average Bonchev–Trinajstić information content (AvgIpc) is 2.58. The van der Waals surface area contributed by atoms with Crippen molar-refractivity contribution in [3.8, 4) is 5.75 Å². The van der Waals surface area contributed by atoms with Gasteiger partial charge >= 0.3 is 0 Å². The van der Waals surface area contributed by atoms with Crippen molar-refractivity contribution in [2.75, 3.05) is 13.7 Å². The zero-order chi connectivity index (χ0) is 18.4. The smallest absolute Gasteiger partial charge is 0.285 e. The molecule has 0 bridgehead atoms. The van der Waals surface area contributed by atoms with Crippen LogP contribution in [0.15, 0.2) is 47.4 Å². The van der Waals surface area contributed by atoms with E-state index in [1.165, 1.54) is 4.90 Å². The third kappa shape index (κ3) is 4.90. The number of rotatable bonds is 7. The number of hydrogen-bond donors (Lipinski definition) is 0. The number of likely N-dealkylation sites (N-methyl/N-ethyl adjacent to an activating group) is 1. The molecule has 0 aliphatic carbocycles. The van der Waals surface area contributed by atoms with Gasteiger partial charge in [0.1, 0.15) is 12.3 Å². The first-order valence-corrected chi connectivity index (χ1v) is 7.71. The fraction of sp³-hybridized carbons (Fsp3) is 0.294. The van der Waals surface area contributed by atoms with E-state index in [4.69, 9.17) is 4.74 Å². The average molecular weight is 345 g/mol. The van der Waals surface area contributed by atoms with E-state index >= 15 is 0 Å². The molecule has 25 heavy (non-hydrogen) atoms. The van der Waals surface area contributed by atoms with Gasteiger partial charge in [-0.1, -0.05) is 12.1 Å². The van der Waals surface area contributed by atoms with Crippen LogP contribution in [-0.4, -0.2) is 34.0 Å². The third-order valence-electron chi connectivity index (χ3n) is 3.56. The Hall–Kier alpha value is -3.16. The molecule has 0 saturated heterocycles. The highest BCUT2D eigenvalue weighted by Crippen LogP contribution is 2.13. The predicted octanol–water partition coefficient (Wildman–Crippen LogP) is 1.81. The van der Waals surface area contributed by atoms with Crippen molar-refractivity contribution in [1.82, 2.24) is 9.47 Å². The van der Waals surface area contributed by atoms with Crippen molar-refractivity contribution >= 4 is 11.6 Å². The quantitative estimate of drug-likeness (QED) is 0.563. The maximum absolute atomic E-state index is 12.3. The molecule has 2 rings (SSSR count). The molecule has 0 fully saturated rings. The van der Waals surface area contributed by atoms with Gasteiger partial charge in [0.05, 0.1) is 17.7 Å². The lowest BCUT2D eigenvalue weighted by Gasteiger charge is -2.18. The molecule has 1 aromatic carbocycles. The molecule has 8 heteroatoms. The Bertz CT molecular complexity index is 814. The number of pyridine rings is 1. The van der Waals surface area contributed by atoms with Crippen molar-refractivity contribution < 1.29 is 14.5 Å². The molecular weight excluding hydrogens is 326 g/mol. The van der Waals surface area contributed by atoms with Crippen LogP contribution in [0.2, 0.25) is 0 Å². The molecule has 1 aromatic heterocycles. The van der Waals surface area contributed by atoms with Gasteiger partial charge in [-0.05, 0) is 24.6 Å². The molecule has 1 heterocycles. The maximum atomic E-state index is 12.3. The highest BCUT2D eigenvalue weighted by atomic mass is 16.6. The Morgan fingerprint density at radius 1 is 1.24 bits per heavy atom. The largest absolute Gasteiger partial charge is 0.494 e. The number of benzene rings is 1. The summed E-state index contributed by atoms with van der Waals surface area (Å²) in [4.78, 5) is 35.7. The molecule has 0 spiro atoms. The minimum atomic E-state index is -0.607. The van der Waals surface area contributed by atoms with E-state index in [1.54, 1.807) is 7.05 Å². The second-order valence-corrected chi connectivity index (χ2v) is 5.44.